The highest BCUT2D eigenvalue weighted by Gasteiger charge is 2.42. The van der Waals surface area contributed by atoms with E-state index in [1.165, 1.54) is 0 Å². The molecule has 66 valence electrons. The van der Waals surface area contributed by atoms with Gasteiger partial charge in [-0.1, -0.05) is 6.92 Å². The van der Waals surface area contributed by atoms with Gasteiger partial charge in [0.15, 0.2) is 0 Å². The van der Waals surface area contributed by atoms with Crippen molar-refractivity contribution >= 4 is 11.8 Å². The fourth-order valence-electron chi connectivity index (χ4n) is 2.00. The van der Waals surface area contributed by atoms with Crippen LogP contribution in [0.15, 0.2) is 0 Å². The zero-order valence-corrected chi connectivity index (χ0v) is 7.04. The fraction of sp³-hybridized carbons (Fsp3) is 0.750. The summed E-state index contributed by atoms with van der Waals surface area (Å²) < 4.78 is 0. The Hall–Kier alpha value is -1.06. The van der Waals surface area contributed by atoms with E-state index in [1.54, 1.807) is 4.90 Å². The van der Waals surface area contributed by atoms with Gasteiger partial charge in [-0.3, -0.25) is 9.59 Å². The Morgan fingerprint density at radius 3 is 2.92 bits per heavy atom. The summed E-state index contributed by atoms with van der Waals surface area (Å²) in [6.45, 7) is 2.95. The number of amides is 2. The predicted molar refractivity (Wildman–Crippen MR) is 42.3 cm³/mol. The molecule has 0 aromatic rings. The normalized spacial score (nSPS) is 34.9. The summed E-state index contributed by atoms with van der Waals surface area (Å²) in [4.78, 5) is 24.3. The van der Waals surface area contributed by atoms with Crippen LogP contribution in [0, 0.1) is 5.92 Å². The molecule has 0 radical (unpaired) electrons. The quantitative estimate of drug-likeness (QED) is 0.522. The summed E-state index contributed by atoms with van der Waals surface area (Å²) in [5.41, 5.74) is 0. The molecule has 0 aromatic carbocycles. The molecule has 2 aliphatic heterocycles. The molecule has 2 atom stereocenters. The van der Waals surface area contributed by atoms with Crippen molar-refractivity contribution in [1.29, 1.82) is 0 Å². The van der Waals surface area contributed by atoms with Crippen molar-refractivity contribution in [3.8, 4) is 0 Å². The van der Waals surface area contributed by atoms with Crippen molar-refractivity contribution in [2.24, 2.45) is 5.92 Å². The van der Waals surface area contributed by atoms with E-state index in [0.717, 1.165) is 13.0 Å². The van der Waals surface area contributed by atoms with Gasteiger partial charge < -0.3 is 10.2 Å². The zero-order chi connectivity index (χ0) is 8.72. The Kier molecular flexibility index (Phi) is 1.56. The van der Waals surface area contributed by atoms with E-state index in [9.17, 15) is 9.59 Å². The molecule has 2 rings (SSSR count). The first-order valence-corrected chi connectivity index (χ1v) is 4.27. The van der Waals surface area contributed by atoms with Crippen molar-refractivity contribution < 1.29 is 9.59 Å². The molecule has 0 unspecified atom stereocenters. The molecule has 2 aliphatic rings. The molecular weight excluding hydrogens is 156 g/mol. The van der Waals surface area contributed by atoms with E-state index in [-0.39, 0.29) is 24.4 Å². The molecule has 1 N–H and O–H groups in total. The third-order valence-electron chi connectivity index (χ3n) is 2.70. The molecule has 0 saturated carbocycles. The van der Waals surface area contributed by atoms with Crippen molar-refractivity contribution in [1.82, 2.24) is 10.2 Å². The maximum absolute atomic E-state index is 11.3. The lowest BCUT2D eigenvalue weighted by Gasteiger charge is -2.30. The minimum Gasteiger partial charge on any atom is -0.345 e. The van der Waals surface area contributed by atoms with Crippen molar-refractivity contribution in [3.05, 3.63) is 0 Å². The molecule has 2 heterocycles. The van der Waals surface area contributed by atoms with E-state index in [1.807, 2.05) is 6.92 Å². The molecule has 4 nitrogen and oxygen atoms in total. The Morgan fingerprint density at radius 2 is 2.25 bits per heavy atom. The van der Waals surface area contributed by atoms with Crippen LogP contribution in [-0.4, -0.2) is 35.8 Å². The molecule has 2 amide bonds. The Labute approximate surface area is 70.9 Å². The van der Waals surface area contributed by atoms with Crippen LogP contribution >= 0.6 is 0 Å². The van der Waals surface area contributed by atoms with Gasteiger partial charge in [0.1, 0.15) is 6.04 Å². The summed E-state index contributed by atoms with van der Waals surface area (Å²) in [6, 6.07) is -0.189. The fourth-order valence-corrected chi connectivity index (χ4v) is 2.00. The minimum absolute atomic E-state index is 0.0135. The number of carbonyl (C=O) groups is 2. The van der Waals surface area contributed by atoms with Gasteiger partial charge in [0.05, 0.1) is 6.54 Å². The van der Waals surface area contributed by atoms with Gasteiger partial charge in [-0.05, 0) is 12.3 Å². The van der Waals surface area contributed by atoms with E-state index >= 15 is 0 Å². The second kappa shape index (κ2) is 2.47. The highest BCUT2D eigenvalue weighted by Crippen LogP contribution is 2.25. The third kappa shape index (κ3) is 0.906. The number of carbonyl (C=O) groups excluding carboxylic acids is 2. The van der Waals surface area contributed by atoms with Gasteiger partial charge in [-0.15, -0.1) is 0 Å². The third-order valence-corrected chi connectivity index (χ3v) is 2.70. The molecule has 12 heavy (non-hydrogen) atoms. The first kappa shape index (κ1) is 7.58. The van der Waals surface area contributed by atoms with Crippen molar-refractivity contribution in [3.63, 3.8) is 0 Å². The molecule has 4 heteroatoms. The Bertz CT molecular complexity index is 239. The topological polar surface area (TPSA) is 49.4 Å². The monoisotopic (exact) mass is 168 g/mol. The van der Waals surface area contributed by atoms with Gasteiger partial charge in [0.25, 0.3) is 0 Å². The van der Waals surface area contributed by atoms with Crippen LogP contribution in [0.3, 0.4) is 0 Å². The smallest absolute Gasteiger partial charge is 0.243 e. The maximum atomic E-state index is 11.3. The van der Waals surface area contributed by atoms with Crippen LogP contribution in [-0.2, 0) is 9.59 Å². The SMILES string of the molecule is C[C@H]1CCN2C(=O)CNC(=O)[C@H]12. The van der Waals surface area contributed by atoms with E-state index in [4.69, 9.17) is 0 Å². The highest BCUT2D eigenvalue weighted by molar-refractivity contribution is 5.95. The van der Waals surface area contributed by atoms with E-state index < -0.39 is 0 Å². The number of nitrogens with one attached hydrogen (secondary N) is 1. The van der Waals surface area contributed by atoms with Crippen molar-refractivity contribution in [2.45, 2.75) is 19.4 Å². The second-order valence-corrected chi connectivity index (χ2v) is 3.52. The summed E-state index contributed by atoms with van der Waals surface area (Å²) in [6.07, 6.45) is 0.948. The van der Waals surface area contributed by atoms with Gasteiger partial charge in [-0.25, -0.2) is 0 Å². The highest BCUT2D eigenvalue weighted by atomic mass is 16.2. The van der Waals surface area contributed by atoms with E-state index in [2.05, 4.69) is 5.32 Å². The Morgan fingerprint density at radius 1 is 1.50 bits per heavy atom. The number of piperazine rings is 1. The lowest BCUT2D eigenvalue weighted by molar-refractivity contribution is -0.144. The van der Waals surface area contributed by atoms with Crippen LogP contribution in [0.25, 0.3) is 0 Å². The molecule has 0 spiro atoms. The summed E-state index contributed by atoms with van der Waals surface area (Å²) in [5, 5.41) is 2.60. The maximum Gasteiger partial charge on any atom is 0.243 e. The summed E-state index contributed by atoms with van der Waals surface area (Å²) in [7, 11) is 0. The lowest BCUT2D eigenvalue weighted by atomic mass is 10.0. The van der Waals surface area contributed by atoms with Crippen LogP contribution in [0.5, 0.6) is 0 Å². The lowest BCUT2D eigenvalue weighted by Crippen LogP contribution is -2.56. The zero-order valence-electron chi connectivity index (χ0n) is 7.04. The van der Waals surface area contributed by atoms with Gasteiger partial charge in [0, 0.05) is 6.54 Å². The molecule has 2 saturated heterocycles. The van der Waals surface area contributed by atoms with Crippen LogP contribution in [0.2, 0.25) is 0 Å². The van der Waals surface area contributed by atoms with Crippen LogP contribution in [0.4, 0.5) is 0 Å². The van der Waals surface area contributed by atoms with E-state index in [0.29, 0.717) is 5.92 Å². The predicted octanol–water partition coefficient (Wildman–Crippen LogP) is -0.647. The average molecular weight is 168 g/mol. The summed E-state index contributed by atoms with van der Waals surface area (Å²) >= 11 is 0. The number of hydrogen-bond donors (Lipinski definition) is 1. The second-order valence-electron chi connectivity index (χ2n) is 3.52. The molecular formula is C8H12N2O2. The largest absolute Gasteiger partial charge is 0.345 e. The van der Waals surface area contributed by atoms with Gasteiger partial charge in [-0.2, -0.15) is 0 Å². The minimum atomic E-state index is -0.189. The summed E-state index contributed by atoms with van der Waals surface area (Å²) in [5.74, 6) is 0.387. The molecule has 0 aromatic heterocycles. The average Bonchev–Trinajstić information content (AvgIpc) is 2.42. The van der Waals surface area contributed by atoms with Gasteiger partial charge >= 0.3 is 0 Å². The number of rotatable bonds is 0. The first-order chi connectivity index (χ1) is 5.70. The number of nitrogens with zero attached hydrogens (tertiary/aromatic N) is 1. The Balaban J connectivity index is 2.24. The first-order valence-electron chi connectivity index (χ1n) is 4.27. The standard InChI is InChI=1S/C8H12N2O2/c1-5-2-3-10-6(11)4-9-8(12)7(5)10/h5,7H,2-4H2,1H3,(H,9,12)/t5-,7-/m0/s1. The van der Waals surface area contributed by atoms with Crippen LogP contribution < -0.4 is 5.32 Å². The molecule has 0 bridgehead atoms. The molecule has 0 aliphatic carbocycles. The van der Waals surface area contributed by atoms with Crippen LogP contribution in [0.1, 0.15) is 13.3 Å². The van der Waals surface area contributed by atoms with Crippen molar-refractivity contribution in [2.75, 3.05) is 13.1 Å². The number of fused-ring (bicyclic) bond motifs is 1. The van der Waals surface area contributed by atoms with Gasteiger partial charge in [0.2, 0.25) is 11.8 Å². The number of hydrogen-bond acceptors (Lipinski definition) is 2. The molecule has 2 fully saturated rings.